The Hall–Kier alpha value is -0.590. The fourth-order valence-electron chi connectivity index (χ4n) is 1.12. The Balaban J connectivity index is 3.28. The summed E-state index contributed by atoms with van der Waals surface area (Å²) in [6.45, 7) is 3.18. The fraction of sp³-hybridized carbons (Fsp3) is 0.900. The smallest absolute Gasteiger partial charge is 0.0946 e. The molecule has 0 aliphatic carbocycles. The Bertz CT molecular complexity index is 153. The van der Waals surface area contributed by atoms with Crippen LogP contribution in [0.5, 0.6) is 0 Å². The van der Waals surface area contributed by atoms with Crippen molar-refractivity contribution in [2.45, 2.75) is 38.6 Å². The van der Waals surface area contributed by atoms with E-state index in [4.69, 9.17) is 10.4 Å². The first-order chi connectivity index (χ1) is 6.22. The lowest BCUT2D eigenvalue weighted by Gasteiger charge is -2.18. The molecule has 0 radical (unpaired) electrons. The van der Waals surface area contributed by atoms with Crippen LogP contribution in [-0.2, 0) is 0 Å². The largest absolute Gasteiger partial charge is 0.396 e. The summed E-state index contributed by atoms with van der Waals surface area (Å²) in [5.74, 6) is 0. The van der Waals surface area contributed by atoms with E-state index in [0.717, 1.165) is 32.2 Å². The van der Waals surface area contributed by atoms with Gasteiger partial charge in [-0.3, -0.25) is 4.90 Å². The Kier molecular flexibility index (Phi) is 7.66. The van der Waals surface area contributed by atoms with Gasteiger partial charge in [-0.2, -0.15) is 5.26 Å². The highest BCUT2D eigenvalue weighted by atomic mass is 16.2. The van der Waals surface area contributed by atoms with Crippen molar-refractivity contribution in [3.63, 3.8) is 0 Å². The van der Waals surface area contributed by atoms with Crippen LogP contribution in [0.4, 0.5) is 0 Å². The summed E-state index contributed by atoms with van der Waals surface area (Å²) in [5, 5.41) is 17.2. The van der Waals surface area contributed by atoms with Crippen molar-refractivity contribution in [3.8, 4) is 6.07 Å². The topological polar surface area (TPSA) is 47.3 Å². The van der Waals surface area contributed by atoms with Crippen LogP contribution in [-0.4, -0.2) is 36.2 Å². The zero-order chi connectivity index (χ0) is 10.1. The Labute approximate surface area is 81.0 Å². The lowest BCUT2D eigenvalue weighted by molar-refractivity contribution is 0.272. The number of hydrogen-bond donors (Lipinski definition) is 1. The molecule has 76 valence electrons. The van der Waals surface area contributed by atoms with Crippen LogP contribution in [0.3, 0.4) is 0 Å². The maximum absolute atomic E-state index is 8.62. The number of aliphatic hydroxyl groups is 1. The SMILES string of the molecule is CC(C#N)N(C)CCCCCCO. The molecule has 0 aromatic heterocycles. The predicted octanol–water partition coefficient (Wildman–Crippen LogP) is 1.38. The molecule has 0 aromatic carbocycles. The van der Waals surface area contributed by atoms with Crippen LogP contribution in [0.1, 0.15) is 32.6 Å². The molecule has 0 aromatic rings. The molecular weight excluding hydrogens is 164 g/mol. The maximum Gasteiger partial charge on any atom is 0.0946 e. The molecule has 3 heteroatoms. The highest BCUT2D eigenvalue weighted by molar-refractivity contribution is 4.86. The molecule has 0 aliphatic heterocycles. The summed E-state index contributed by atoms with van der Waals surface area (Å²) >= 11 is 0. The quantitative estimate of drug-likeness (QED) is 0.608. The normalized spacial score (nSPS) is 12.8. The van der Waals surface area contributed by atoms with E-state index in [1.165, 1.54) is 0 Å². The minimum Gasteiger partial charge on any atom is -0.396 e. The third-order valence-electron chi connectivity index (χ3n) is 2.27. The van der Waals surface area contributed by atoms with Crippen LogP contribution in [0.25, 0.3) is 0 Å². The molecule has 13 heavy (non-hydrogen) atoms. The van der Waals surface area contributed by atoms with Gasteiger partial charge in [-0.25, -0.2) is 0 Å². The Morgan fingerprint density at radius 3 is 2.46 bits per heavy atom. The van der Waals surface area contributed by atoms with Crippen LogP contribution >= 0.6 is 0 Å². The average molecular weight is 184 g/mol. The Morgan fingerprint density at radius 2 is 1.92 bits per heavy atom. The zero-order valence-electron chi connectivity index (χ0n) is 8.66. The van der Waals surface area contributed by atoms with Gasteiger partial charge < -0.3 is 5.11 Å². The first kappa shape index (κ1) is 12.4. The molecule has 0 bridgehead atoms. The van der Waals surface area contributed by atoms with Crippen molar-refractivity contribution in [2.75, 3.05) is 20.2 Å². The first-order valence-electron chi connectivity index (χ1n) is 4.93. The lowest BCUT2D eigenvalue weighted by atomic mass is 10.2. The van der Waals surface area contributed by atoms with E-state index >= 15 is 0 Å². The second-order valence-electron chi connectivity index (χ2n) is 3.42. The van der Waals surface area contributed by atoms with Gasteiger partial charge in [-0.1, -0.05) is 12.8 Å². The molecule has 3 nitrogen and oxygen atoms in total. The summed E-state index contributed by atoms with van der Waals surface area (Å²) in [6, 6.07) is 2.21. The second-order valence-corrected chi connectivity index (χ2v) is 3.42. The molecule has 0 rings (SSSR count). The average Bonchev–Trinajstić information content (AvgIpc) is 2.16. The summed E-state index contributed by atoms with van der Waals surface area (Å²) in [7, 11) is 1.97. The Morgan fingerprint density at radius 1 is 1.31 bits per heavy atom. The van der Waals surface area contributed by atoms with E-state index in [0.29, 0.717) is 6.61 Å². The molecule has 0 amide bonds. The van der Waals surface area contributed by atoms with Gasteiger partial charge in [0.05, 0.1) is 12.1 Å². The maximum atomic E-state index is 8.62. The molecule has 0 heterocycles. The second kappa shape index (κ2) is 8.03. The van der Waals surface area contributed by atoms with Crippen LogP contribution in [0.2, 0.25) is 0 Å². The summed E-state index contributed by atoms with van der Waals surface area (Å²) in [4.78, 5) is 2.05. The van der Waals surface area contributed by atoms with Crippen molar-refractivity contribution in [1.82, 2.24) is 4.90 Å². The van der Waals surface area contributed by atoms with Crippen molar-refractivity contribution < 1.29 is 5.11 Å². The van der Waals surface area contributed by atoms with Crippen molar-refractivity contribution in [1.29, 1.82) is 5.26 Å². The van der Waals surface area contributed by atoms with Gasteiger partial charge in [0.15, 0.2) is 0 Å². The van der Waals surface area contributed by atoms with Crippen LogP contribution in [0, 0.1) is 11.3 Å². The highest BCUT2D eigenvalue weighted by Gasteiger charge is 2.05. The third-order valence-corrected chi connectivity index (χ3v) is 2.27. The molecule has 1 unspecified atom stereocenters. The molecule has 1 N–H and O–H groups in total. The number of unbranched alkanes of at least 4 members (excludes halogenated alkanes) is 3. The molecule has 1 atom stereocenters. The van der Waals surface area contributed by atoms with Gasteiger partial charge in [0, 0.05) is 6.61 Å². The van der Waals surface area contributed by atoms with Gasteiger partial charge in [0.25, 0.3) is 0 Å². The summed E-state index contributed by atoms with van der Waals surface area (Å²) in [5.41, 5.74) is 0. The van der Waals surface area contributed by atoms with Gasteiger partial charge in [-0.05, 0) is 33.4 Å². The lowest BCUT2D eigenvalue weighted by Crippen LogP contribution is -2.28. The number of aliphatic hydroxyl groups excluding tert-OH is 1. The van der Waals surface area contributed by atoms with E-state index in [-0.39, 0.29) is 6.04 Å². The summed E-state index contributed by atoms with van der Waals surface area (Å²) < 4.78 is 0. The van der Waals surface area contributed by atoms with E-state index < -0.39 is 0 Å². The van der Waals surface area contributed by atoms with E-state index in [2.05, 4.69) is 11.0 Å². The molecule has 0 spiro atoms. The minimum atomic E-state index is 0.0119. The minimum absolute atomic E-state index is 0.0119. The number of rotatable bonds is 7. The van der Waals surface area contributed by atoms with Gasteiger partial charge in [0.2, 0.25) is 0 Å². The number of hydrogen-bond acceptors (Lipinski definition) is 3. The van der Waals surface area contributed by atoms with E-state index in [1.54, 1.807) is 0 Å². The number of nitrogens with zero attached hydrogens (tertiary/aromatic N) is 2. The zero-order valence-corrected chi connectivity index (χ0v) is 8.66. The van der Waals surface area contributed by atoms with Crippen molar-refractivity contribution >= 4 is 0 Å². The van der Waals surface area contributed by atoms with Crippen LogP contribution in [0.15, 0.2) is 0 Å². The highest BCUT2D eigenvalue weighted by Crippen LogP contribution is 2.02. The number of nitriles is 1. The fourth-order valence-corrected chi connectivity index (χ4v) is 1.12. The van der Waals surface area contributed by atoms with Gasteiger partial charge in [0.1, 0.15) is 0 Å². The van der Waals surface area contributed by atoms with Crippen molar-refractivity contribution in [2.24, 2.45) is 0 Å². The van der Waals surface area contributed by atoms with Crippen molar-refractivity contribution in [3.05, 3.63) is 0 Å². The van der Waals surface area contributed by atoms with E-state index in [1.807, 2.05) is 14.0 Å². The first-order valence-corrected chi connectivity index (χ1v) is 4.93. The molecule has 0 saturated carbocycles. The van der Waals surface area contributed by atoms with Gasteiger partial charge >= 0.3 is 0 Å². The van der Waals surface area contributed by atoms with Crippen LogP contribution < -0.4 is 0 Å². The predicted molar refractivity (Wildman–Crippen MR) is 53.3 cm³/mol. The third kappa shape index (κ3) is 6.56. The monoisotopic (exact) mass is 184 g/mol. The molecular formula is C10H20N2O. The molecule has 0 aliphatic rings. The summed E-state index contributed by atoms with van der Waals surface area (Å²) in [6.07, 6.45) is 4.24. The molecule has 0 fully saturated rings. The molecule has 0 saturated heterocycles. The van der Waals surface area contributed by atoms with Gasteiger partial charge in [-0.15, -0.1) is 0 Å². The standard InChI is InChI=1S/C10H20N2O/c1-10(9-11)12(2)7-5-3-4-6-8-13/h10,13H,3-8H2,1-2H3. The van der Waals surface area contributed by atoms with E-state index in [9.17, 15) is 0 Å².